The highest BCUT2D eigenvalue weighted by Gasteiger charge is 2.35. The Morgan fingerprint density at radius 3 is 2.26 bits per heavy atom. The number of rotatable bonds is 3. The molecular formula is C23H32N4O4. The second-order valence-corrected chi connectivity index (χ2v) is 9.66. The van der Waals surface area contributed by atoms with Crippen molar-refractivity contribution in [1.82, 2.24) is 15.1 Å². The van der Waals surface area contributed by atoms with Gasteiger partial charge in [-0.3, -0.25) is 19.8 Å². The molecule has 1 aromatic carbocycles. The van der Waals surface area contributed by atoms with E-state index in [1.807, 2.05) is 32.9 Å². The standard InChI is InChI=1S/C23H32N4O4/c1-23(2,3)31-22(30)26-12-10-25(11-13-26)18-14-27(15-18)17-6-4-16(5-7-17)19-8-9-20(28)24-21(19)29/h4-7,18-19H,8-15H2,1-3H3,(H,24,28,29). The van der Waals surface area contributed by atoms with Gasteiger partial charge in [-0.2, -0.15) is 0 Å². The van der Waals surface area contributed by atoms with Gasteiger partial charge in [0.2, 0.25) is 11.8 Å². The summed E-state index contributed by atoms with van der Waals surface area (Å²) in [4.78, 5) is 42.2. The number of nitrogens with one attached hydrogen (secondary N) is 1. The topological polar surface area (TPSA) is 82.2 Å². The van der Waals surface area contributed by atoms with Crippen LogP contribution < -0.4 is 10.2 Å². The minimum atomic E-state index is -0.462. The number of benzene rings is 1. The van der Waals surface area contributed by atoms with Gasteiger partial charge in [-0.25, -0.2) is 4.79 Å². The number of hydrogen-bond donors (Lipinski definition) is 1. The smallest absolute Gasteiger partial charge is 0.410 e. The van der Waals surface area contributed by atoms with Crippen LogP contribution in [0.25, 0.3) is 0 Å². The summed E-state index contributed by atoms with van der Waals surface area (Å²) in [6.07, 6.45) is 0.747. The second kappa shape index (κ2) is 8.49. The average Bonchev–Trinajstić information content (AvgIpc) is 2.67. The lowest BCUT2D eigenvalue weighted by Crippen LogP contribution is -2.63. The van der Waals surface area contributed by atoms with E-state index in [-0.39, 0.29) is 23.8 Å². The molecule has 31 heavy (non-hydrogen) atoms. The molecule has 4 rings (SSSR count). The third-order valence-electron chi connectivity index (χ3n) is 6.24. The molecule has 1 atom stereocenters. The summed E-state index contributed by atoms with van der Waals surface area (Å²) in [6.45, 7) is 10.7. The van der Waals surface area contributed by atoms with Crippen LogP contribution in [0.4, 0.5) is 10.5 Å². The fraction of sp³-hybridized carbons (Fsp3) is 0.609. The minimum absolute atomic E-state index is 0.184. The molecule has 0 bridgehead atoms. The lowest BCUT2D eigenvalue weighted by molar-refractivity contribution is -0.134. The summed E-state index contributed by atoms with van der Waals surface area (Å²) in [5.74, 6) is -0.618. The number of anilines is 1. The maximum absolute atomic E-state index is 12.2. The van der Waals surface area contributed by atoms with Crippen molar-refractivity contribution in [2.45, 2.75) is 51.2 Å². The molecule has 0 spiro atoms. The molecule has 1 unspecified atom stereocenters. The molecule has 1 N–H and O–H groups in total. The number of nitrogens with zero attached hydrogens (tertiary/aromatic N) is 3. The van der Waals surface area contributed by atoms with E-state index >= 15 is 0 Å². The highest BCUT2D eigenvalue weighted by atomic mass is 16.6. The number of carbonyl (C=O) groups is 3. The van der Waals surface area contributed by atoms with E-state index in [1.54, 1.807) is 4.90 Å². The maximum Gasteiger partial charge on any atom is 0.410 e. The van der Waals surface area contributed by atoms with E-state index < -0.39 is 5.60 Å². The molecule has 3 saturated heterocycles. The van der Waals surface area contributed by atoms with Crippen molar-refractivity contribution in [2.24, 2.45) is 0 Å². The Balaban J connectivity index is 1.24. The molecule has 3 aliphatic rings. The van der Waals surface area contributed by atoms with Crippen molar-refractivity contribution in [3.05, 3.63) is 29.8 Å². The number of ether oxygens (including phenoxy) is 1. The Labute approximate surface area is 183 Å². The lowest BCUT2D eigenvalue weighted by Gasteiger charge is -2.49. The number of imide groups is 1. The Kier molecular flexibility index (Phi) is 5.92. The molecule has 0 radical (unpaired) electrons. The average molecular weight is 429 g/mol. The van der Waals surface area contributed by atoms with Gasteiger partial charge in [-0.1, -0.05) is 12.1 Å². The Hall–Kier alpha value is -2.61. The first-order valence-electron chi connectivity index (χ1n) is 11.1. The molecule has 3 amide bonds. The van der Waals surface area contributed by atoms with Crippen molar-refractivity contribution in [1.29, 1.82) is 0 Å². The van der Waals surface area contributed by atoms with Gasteiger partial charge in [0.05, 0.1) is 5.92 Å². The number of carbonyl (C=O) groups excluding carboxylic acids is 3. The van der Waals surface area contributed by atoms with Crippen molar-refractivity contribution in [3.63, 3.8) is 0 Å². The molecule has 0 saturated carbocycles. The summed E-state index contributed by atoms with van der Waals surface area (Å²) >= 11 is 0. The third-order valence-corrected chi connectivity index (χ3v) is 6.24. The summed E-state index contributed by atoms with van der Waals surface area (Å²) in [7, 11) is 0. The quantitative estimate of drug-likeness (QED) is 0.741. The monoisotopic (exact) mass is 428 g/mol. The van der Waals surface area contributed by atoms with Gasteiger partial charge in [0.15, 0.2) is 0 Å². The van der Waals surface area contributed by atoms with Crippen LogP contribution in [0, 0.1) is 0 Å². The highest BCUT2D eigenvalue weighted by Crippen LogP contribution is 2.29. The molecule has 168 valence electrons. The van der Waals surface area contributed by atoms with E-state index in [2.05, 4.69) is 27.2 Å². The van der Waals surface area contributed by atoms with E-state index in [9.17, 15) is 14.4 Å². The predicted molar refractivity (Wildman–Crippen MR) is 117 cm³/mol. The molecular weight excluding hydrogens is 396 g/mol. The van der Waals surface area contributed by atoms with Crippen LogP contribution in [-0.2, 0) is 14.3 Å². The number of piperidine rings is 1. The normalized spacial score (nSPS) is 23.4. The van der Waals surface area contributed by atoms with Gasteiger partial charge in [0.25, 0.3) is 0 Å². The van der Waals surface area contributed by atoms with Crippen LogP contribution in [0.3, 0.4) is 0 Å². The Bertz CT molecular complexity index is 834. The van der Waals surface area contributed by atoms with Crippen molar-refractivity contribution < 1.29 is 19.1 Å². The van der Waals surface area contributed by atoms with Gasteiger partial charge in [0, 0.05) is 57.4 Å². The second-order valence-electron chi connectivity index (χ2n) is 9.66. The number of amides is 3. The third kappa shape index (κ3) is 5.01. The summed E-state index contributed by atoms with van der Waals surface area (Å²) < 4.78 is 5.47. The van der Waals surface area contributed by atoms with Crippen LogP contribution in [0.5, 0.6) is 0 Å². The summed E-state index contributed by atoms with van der Waals surface area (Å²) in [6, 6.07) is 8.63. The van der Waals surface area contributed by atoms with Gasteiger partial charge in [0.1, 0.15) is 5.60 Å². The lowest BCUT2D eigenvalue weighted by atomic mass is 9.90. The van der Waals surface area contributed by atoms with Crippen LogP contribution in [0.1, 0.15) is 45.1 Å². The van der Waals surface area contributed by atoms with E-state index in [0.29, 0.717) is 32.0 Å². The van der Waals surface area contributed by atoms with Crippen LogP contribution in [-0.4, -0.2) is 78.6 Å². The molecule has 3 heterocycles. The summed E-state index contributed by atoms with van der Waals surface area (Å²) in [5.41, 5.74) is 1.65. The first-order chi connectivity index (χ1) is 14.7. The number of piperazine rings is 1. The van der Waals surface area contributed by atoms with Gasteiger partial charge >= 0.3 is 6.09 Å². The molecule has 8 nitrogen and oxygen atoms in total. The predicted octanol–water partition coefficient (Wildman–Crippen LogP) is 1.95. The van der Waals surface area contributed by atoms with Crippen molar-refractivity contribution in [3.8, 4) is 0 Å². The Morgan fingerprint density at radius 1 is 1.03 bits per heavy atom. The first kappa shape index (κ1) is 21.6. The molecule has 0 aromatic heterocycles. The van der Waals surface area contributed by atoms with E-state index in [1.165, 1.54) is 0 Å². The molecule has 3 aliphatic heterocycles. The zero-order chi connectivity index (χ0) is 22.2. The van der Waals surface area contributed by atoms with Crippen LogP contribution >= 0.6 is 0 Å². The zero-order valence-electron chi connectivity index (χ0n) is 18.6. The van der Waals surface area contributed by atoms with Crippen LogP contribution in [0.2, 0.25) is 0 Å². The maximum atomic E-state index is 12.2. The Morgan fingerprint density at radius 2 is 1.68 bits per heavy atom. The van der Waals surface area contributed by atoms with Gasteiger partial charge in [-0.15, -0.1) is 0 Å². The van der Waals surface area contributed by atoms with E-state index in [4.69, 9.17) is 4.74 Å². The molecule has 3 fully saturated rings. The molecule has 1 aromatic rings. The minimum Gasteiger partial charge on any atom is -0.444 e. The largest absolute Gasteiger partial charge is 0.444 e. The first-order valence-corrected chi connectivity index (χ1v) is 11.1. The van der Waals surface area contributed by atoms with Gasteiger partial charge < -0.3 is 14.5 Å². The van der Waals surface area contributed by atoms with Crippen molar-refractivity contribution in [2.75, 3.05) is 44.2 Å². The molecule has 0 aliphatic carbocycles. The van der Waals surface area contributed by atoms with Gasteiger partial charge in [-0.05, 0) is 44.9 Å². The SMILES string of the molecule is CC(C)(C)OC(=O)N1CCN(C2CN(c3ccc(C4CCC(=O)NC4=O)cc3)C2)CC1. The molecule has 8 heteroatoms. The highest BCUT2D eigenvalue weighted by molar-refractivity contribution is 6.00. The van der Waals surface area contributed by atoms with Crippen LogP contribution in [0.15, 0.2) is 24.3 Å². The zero-order valence-corrected chi connectivity index (χ0v) is 18.6. The fourth-order valence-electron chi connectivity index (χ4n) is 4.42. The fourth-order valence-corrected chi connectivity index (χ4v) is 4.42. The van der Waals surface area contributed by atoms with Crippen molar-refractivity contribution >= 4 is 23.6 Å². The number of hydrogen-bond acceptors (Lipinski definition) is 6. The van der Waals surface area contributed by atoms with E-state index in [0.717, 1.165) is 37.4 Å². The summed E-state index contributed by atoms with van der Waals surface area (Å²) in [5, 5.41) is 2.42.